The van der Waals surface area contributed by atoms with Crippen molar-refractivity contribution in [2.75, 3.05) is 18.9 Å². The number of anilines is 1. The Morgan fingerprint density at radius 2 is 2.06 bits per heavy atom. The van der Waals surface area contributed by atoms with E-state index in [4.69, 9.17) is 0 Å². The maximum absolute atomic E-state index is 12.0. The van der Waals surface area contributed by atoms with Crippen molar-refractivity contribution in [3.05, 3.63) is 29.8 Å². The Hall–Kier alpha value is -1.68. The van der Waals surface area contributed by atoms with Crippen molar-refractivity contribution in [1.29, 1.82) is 0 Å². The molecule has 0 saturated heterocycles. The van der Waals surface area contributed by atoms with Gasteiger partial charge in [0.2, 0.25) is 5.91 Å². The first-order valence-corrected chi connectivity index (χ1v) is 6.15. The summed E-state index contributed by atoms with van der Waals surface area (Å²) in [5, 5.41) is 5.84. The van der Waals surface area contributed by atoms with Crippen molar-refractivity contribution in [2.45, 2.75) is 20.3 Å². The molecule has 0 aliphatic heterocycles. The van der Waals surface area contributed by atoms with Gasteiger partial charge in [0, 0.05) is 17.8 Å². The zero-order valence-electron chi connectivity index (χ0n) is 11.1. The van der Waals surface area contributed by atoms with E-state index in [1.807, 2.05) is 14.0 Å². The molecule has 0 aliphatic rings. The lowest BCUT2D eigenvalue weighted by Crippen LogP contribution is -2.30. The van der Waals surface area contributed by atoms with Gasteiger partial charge in [0.05, 0.1) is 5.92 Å². The molecule has 1 rings (SSSR count). The Balaban J connectivity index is 2.74. The van der Waals surface area contributed by atoms with Crippen molar-refractivity contribution >= 4 is 17.4 Å². The number of benzene rings is 1. The third kappa shape index (κ3) is 3.96. The number of Topliss-reactive ketones (excluding diaryl/α,β-unsaturated/α-hetero) is 1. The number of carbonyl (C=O) groups is 2. The van der Waals surface area contributed by atoms with Gasteiger partial charge in [-0.15, -0.1) is 0 Å². The summed E-state index contributed by atoms with van der Waals surface area (Å²) < 4.78 is 0. The van der Waals surface area contributed by atoms with Crippen LogP contribution in [0.4, 0.5) is 5.69 Å². The van der Waals surface area contributed by atoms with Gasteiger partial charge in [0.1, 0.15) is 0 Å². The first-order valence-electron chi connectivity index (χ1n) is 6.15. The minimum atomic E-state index is -0.0593. The quantitative estimate of drug-likeness (QED) is 0.758. The lowest BCUT2D eigenvalue weighted by molar-refractivity contribution is -0.119. The van der Waals surface area contributed by atoms with Crippen LogP contribution in [-0.4, -0.2) is 25.3 Å². The maximum Gasteiger partial charge on any atom is 0.228 e. The van der Waals surface area contributed by atoms with Crippen LogP contribution in [0.5, 0.6) is 0 Å². The second-order valence-corrected chi connectivity index (χ2v) is 4.29. The van der Waals surface area contributed by atoms with Gasteiger partial charge in [0.15, 0.2) is 5.78 Å². The molecular formula is C14H20N2O2. The van der Waals surface area contributed by atoms with Gasteiger partial charge in [0.25, 0.3) is 0 Å². The largest absolute Gasteiger partial charge is 0.326 e. The molecule has 0 aliphatic carbocycles. The van der Waals surface area contributed by atoms with Crippen LogP contribution in [0.1, 0.15) is 30.6 Å². The molecule has 1 aromatic rings. The van der Waals surface area contributed by atoms with Crippen molar-refractivity contribution in [2.24, 2.45) is 5.92 Å². The summed E-state index contributed by atoms with van der Waals surface area (Å²) in [6.45, 7) is 4.14. The molecular weight excluding hydrogens is 228 g/mol. The van der Waals surface area contributed by atoms with E-state index in [0.717, 1.165) is 6.42 Å². The van der Waals surface area contributed by atoms with E-state index in [0.29, 0.717) is 17.8 Å². The second kappa shape index (κ2) is 6.91. The highest BCUT2D eigenvalue weighted by Crippen LogP contribution is 2.13. The molecule has 98 valence electrons. The molecule has 0 aromatic heterocycles. The molecule has 0 bridgehead atoms. The Morgan fingerprint density at radius 3 is 2.61 bits per heavy atom. The van der Waals surface area contributed by atoms with Gasteiger partial charge in [-0.3, -0.25) is 9.59 Å². The SMILES string of the molecule is CCC(CNC)C(=O)Nc1cccc(C(C)=O)c1. The van der Waals surface area contributed by atoms with Crippen LogP contribution in [0.3, 0.4) is 0 Å². The van der Waals surface area contributed by atoms with Gasteiger partial charge in [-0.2, -0.15) is 0 Å². The lowest BCUT2D eigenvalue weighted by atomic mass is 10.1. The van der Waals surface area contributed by atoms with Crippen LogP contribution in [0.25, 0.3) is 0 Å². The smallest absolute Gasteiger partial charge is 0.228 e. The topological polar surface area (TPSA) is 58.2 Å². The van der Waals surface area contributed by atoms with E-state index in [-0.39, 0.29) is 17.6 Å². The summed E-state index contributed by atoms with van der Waals surface area (Å²) in [7, 11) is 1.83. The number of rotatable bonds is 6. The molecule has 0 saturated carbocycles. The highest BCUT2D eigenvalue weighted by Gasteiger charge is 2.15. The van der Waals surface area contributed by atoms with E-state index in [9.17, 15) is 9.59 Å². The molecule has 2 N–H and O–H groups in total. The molecule has 18 heavy (non-hydrogen) atoms. The molecule has 0 fully saturated rings. The summed E-state index contributed by atoms with van der Waals surface area (Å²) in [4.78, 5) is 23.2. The molecule has 1 atom stereocenters. The average Bonchev–Trinajstić information content (AvgIpc) is 2.36. The van der Waals surface area contributed by atoms with Crippen LogP contribution in [0.15, 0.2) is 24.3 Å². The third-order valence-corrected chi connectivity index (χ3v) is 2.85. The predicted molar refractivity (Wildman–Crippen MR) is 72.8 cm³/mol. The number of hydrogen-bond donors (Lipinski definition) is 2. The summed E-state index contributed by atoms with van der Waals surface area (Å²) >= 11 is 0. The molecule has 0 radical (unpaired) electrons. The van der Waals surface area contributed by atoms with Crippen molar-refractivity contribution < 1.29 is 9.59 Å². The third-order valence-electron chi connectivity index (χ3n) is 2.85. The highest BCUT2D eigenvalue weighted by atomic mass is 16.2. The fourth-order valence-electron chi connectivity index (χ4n) is 1.73. The minimum absolute atomic E-state index is 0.00614. The maximum atomic E-state index is 12.0. The lowest BCUT2D eigenvalue weighted by Gasteiger charge is -2.14. The van der Waals surface area contributed by atoms with E-state index in [1.54, 1.807) is 24.3 Å². The Bertz CT molecular complexity index is 430. The molecule has 1 amide bonds. The summed E-state index contributed by atoms with van der Waals surface area (Å²) in [5.41, 5.74) is 1.27. The molecule has 4 nitrogen and oxygen atoms in total. The molecule has 1 unspecified atom stereocenters. The number of amides is 1. The minimum Gasteiger partial charge on any atom is -0.326 e. The number of hydrogen-bond acceptors (Lipinski definition) is 3. The monoisotopic (exact) mass is 248 g/mol. The van der Waals surface area contributed by atoms with Crippen LogP contribution < -0.4 is 10.6 Å². The van der Waals surface area contributed by atoms with Crippen LogP contribution >= 0.6 is 0 Å². The van der Waals surface area contributed by atoms with Gasteiger partial charge in [-0.1, -0.05) is 19.1 Å². The molecule has 0 spiro atoms. The zero-order chi connectivity index (χ0) is 13.5. The Morgan fingerprint density at radius 1 is 1.33 bits per heavy atom. The van der Waals surface area contributed by atoms with Crippen molar-refractivity contribution in [3.63, 3.8) is 0 Å². The molecule has 1 aromatic carbocycles. The normalized spacial score (nSPS) is 11.9. The second-order valence-electron chi connectivity index (χ2n) is 4.29. The van der Waals surface area contributed by atoms with E-state index < -0.39 is 0 Å². The summed E-state index contributed by atoms with van der Waals surface area (Å²) in [6.07, 6.45) is 0.777. The van der Waals surface area contributed by atoms with E-state index in [1.165, 1.54) is 6.92 Å². The highest BCUT2D eigenvalue weighted by molar-refractivity contribution is 5.97. The van der Waals surface area contributed by atoms with Gasteiger partial charge in [-0.05, 0) is 32.5 Å². The fourth-order valence-corrected chi connectivity index (χ4v) is 1.73. The number of nitrogens with one attached hydrogen (secondary N) is 2. The first kappa shape index (κ1) is 14.4. The van der Waals surface area contributed by atoms with Crippen molar-refractivity contribution in [1.82, 2.24) is 5.32 Å². The average molecular weight is 248 g/mol. The van der Waals surface area contributed by atoms with E-state index >= 15 is 0 Å². The van der Waals surface area contributed by atoms with Crippen LogP contribution in [0.2, 0.25) is 0 Å². The Kier molecular flexibility index (Phi) is 5.52. The standard InChI is InChI=1S/C14H20N2O2/c1-4-11(9-15-3)14(18)16-13-7-5-6-12(8-13)10(2)17/h5-8,11,15H,4,9H2,1-3H3,(H,16,18). The van der Waals surface area contributed by atoms with Crippen LogP contribution in [-0.2, 0) is 4.79 Å². The van der Waals surface area contributed by atoms with Crippen LogP contribution in [0, 0.1) is 5.92 Å². The first-order chi connectivity index (χ1) is 8.58. The molecule has 4 heteroatoms. The zero-order valence-corrected chi connectivity index (χ0v) is 11.1. The number of ketones is 1. The molecule has 0 heterocycles. The van der Waals surface area contributed by atoms with Gasteiger partial charge < -0.3 is 10.6 Å². The predicted octanol–water partition coefficient (Wildman–Crippen LogP) is 2.07. The summed E-state index contributed by atoms with van der Waals surface area (Å²) in [5.74, 6) is -0.0862. The van der Waals surface area contributed by atoms with Crippen molar-refractivity contribution in [3.8, 4) is 0 Å². The van der Waals surface area contributed by atoms with E-state index in [2.05, 4.69) is 10.6 Å². The summed E-state index contributed by atoms with van der Waals surface area (Å²) in [6, 6.07) is 7.00. The fraction of sp³-hybridized carbons (Fsp3) is 0.429. The Labute approximate surface area is 108 Å². The van der Waals surface area contributed by atoms with Gasteiger partial charge in [-0.25, -0.2) is 0 Å². The number of carbonyl (C=O) groups excluding carboxylic acids is 2. The van der Waals surface area contributed by atoms with Gasteiger partial charge >= 0.3 is 0 Å².